The zero-order valence-corrected chi connectivity index (χ0v) is 26.0. The van der Waals surface area contributed by atoms with Gasteiger partial charge in [0.25, 0.3) is 11.8 Å². The van der Waals surface area contributed by atoms with Crippen LogP contribution in [0, 0.1) is 17.5 Å². The summed E-state index contributed by atoms with van der Waals surface area (Å²) in [7, 11) is 0. The minimum Gasteiger partial charge on any atom is -0.335 e. The molecular weight excluding hydrogens is 589 g/mol. The third-order valence-corrected chi connectivity index (χ3v) is 8.94. The van der Waals surface area contributed by atoms with Crippen molar-refractivity contribution in [3.63, 3.8) is 0 Å². The zero-order valence-electron chi connectivity index (χ0n) is 25.2. The van der Waals surface area contributed by atoms with E-state index in [1.54, 1.807) is 41.6 Å². The number of thiophene rings is 1. The number of hydrogen-bond acceptors (Lipinski definition) is 6. The van der Waals surface area contributed by atoms with E-state index in [-0.39, 0.29) is 29.5 Å². The molecule has 12 heteroatoms. The van der Waals surface area contributed by atoms with Crippen molar-refractivity contribution >= 4 is 28.2 Å². The third kappa shape index (κ3) is 6.56. The van der Waals surface area contributed by atoms with Crippen LogP contribution in [0.1, 0.15) is 84.1 Å². The van der Waals surface area contributed by atoms with Crippen LogP contribution in [-0.2, 0) is 6.54 Å². The quantitative estimate of drug-likeness (QED) is 0.243. The Bertz CT molecular complexity index is 1620. The largest absolute Gasteiger partial charge is 0.335 e. The first-order valence-corrected chi connectivity index (χ1v) is 15.4. The van der Waals surface area contributed by atoms with E-state index in [0.29, 0.717) is 59.5 Å². The lowest BCUT2D eigenvalue weighted by molar-refractivity contribution is 0.0265. The minimum absolute atomic E-state index is 0.0339. The van der Waals surface area contributed by atoms with Crippen LogP contribution in [0.4, 0.5) is 18.2 Å². The van der Waals surface area contributed by atoms with Gasteiger partial charge < -0.3 is 10.2 Å². The Balaban J connectivity index is 1.22. The lowest BCUT2D eigenvalue weighted by atomic mass is 10.0. The molecule has 0 bridgehead atoms. The highest BCUT2D eigenvalue weighted by atomic mass is 32.1. The van der Waals surface area contributed by atoms with Gasteiger partial charge in [-0.25, -0.2) is 17.9 Å². The van der Waals surface area contributed by atoms with Crippen molar-refractivity contribution in [2.45, 2.75) is 65.2 Å². The van der Waals surface area contributed by atoms with Gasteiger partial charge in [-0.3, -0.25) is 14.5 Å². The van der Waals surface area contributed by atoms with Crippen molar-refractivity contribution in [3.8, 4) is 0 Å². The highest BCUT2D eigenvalue weighted by molar-refractivity contribution is 7.14. The molecule has 2 amide bonds. The van der Waals surface area contributed by atoms with Gasteiger partial charge in [0.05, 0.1) is 23.5 Å². The zero-order chi connectivity index (χ0) is 31.7. The van der Waals surface area contributed by atoms with Crippen molar-refractivity contribution < 1.29 is 22.8 Å². The molecule has 1 aliphatic rings. The van der Waals surface area contributed by atoms with Crippen LogP contribution in [0.3, 0.4) is 0 Å². The summed E-state index contributed by atoms with van der Waals surface area (Å²) in [5.41, 5.74) is 2.43. The molecule has 1 N–H and O–H groups in total. The van der Waals surface area contributed by atoms with Crippen molar-refractivity contribution in [3.05, 3.63) is 99.4 Å². The number of nitrogens with one attached hydrogen (secondary N) is 1. The van der Waals surface area contributed by atoms with Crippen LogP contribution in [0.5, 0.6) is 0 Å². The number of piperazine rings is 1. The molecule has 0 unspecified atom stereocenters. The number of rotatable bonds is 8. The van der Waals surface area contributed by atoms with E-state index >= 15 is 0 Å². The minimum atomic E-state index is -0.983. The maximum atomic E-state index is 14.3. The van der Waals surface area contributed by atoms with E-state index in [9.17, 15) is 22.8 Å². The smallest absolute Gasteiger partial charge is 0.256 e. The summed E-state index contributed by atoms with van der Waals surface area (Å²) in [6.45, 7) is 11.1. The molecule has 1 saturated heterocycles. The van der Waals surface area contributed by atoms with Gasteiger partial charge in [-0.05, 0) is 55.8 Å². The fourth-order valence-electron chi connectivity index (χ4n) is 5.62. The predicted molar refractivity (Wildman–Crippen MR) is 163 cm³/mol. The van der Waals surface area contributed by atoms with Gasteiger partial charge >= 0.3 is 0 Å². The highest BCUT2D eigenvalue weighted by Crippen LogP contribution is 2.29. The predicted octanol–water partition coefficient (Wildman–Crippen LogP) is 6.48. The molecule has 0 aliphatic carbocycles. The molecule has 8 nitrogen and oxygen atoms in total. The van der Waals surface area contributed by atoms with Crippen molar-refractivity contribution in [1.82, 2.24) is 24.8 Å². The first-order valence-electron chi connectivity index (χ1n) is 14.5. The second-order valence-corrected chi connectivity index (χ2v) is 12.5. The van der Waals surface area contributed by atoms with Crippen molar-refractivity contribution in [2.24, 2.45) is 0 Å². The van der Waals surface area contributed by atoms with E-state index in [4.69, 9.17) is 0 Å². The Labute approximate surface area is 258 Å². The van der Waals surface area contributed by atoms with E-state index < -0.39 is 23.5 Å². The van der Waals surface area contributed by atoms with Crippen LogP contribution >= 0.6 is 11.3 Å². The number of anilines is 1. The van der Waals surface area contributed by atoms with Gasteiger partial charge in [-0.1, -0.05) is 31.2 Å². The Hall–Kier alpha value is -4.03. The van der Waals surface area contributed by atoms with Crippen LogP contribution in [0.2, 0.25) is 0 Å². The molecule has 2 aromatic heterocycles. The van der Waals surface area contributed by atoms with Gasteiger partial charge in [0.1, 0.15) is 22.5 Å². The van der Waals surface area contributed by atoms with Crippen LogP contribution < -0.4 is 5.32 Å². The standard InChI is InChI=1S/C32H35F3N6O2S/c1-18(2)22-6-8-23(9-7-22)30(42)36-31-26(10-11-44-31)32(43)39-14-19(3)40(20(4)15-39)16-25-17-41(38-37-25)21(5)29-27(34)12-24(33)13-28(29)35/h6-13,17-21H,14-16H2,1-5H3,(H,36,42)/t19-,20+,21-/m0/s1. The van der Waals surface area contributed by atoms with Gasteiger partial charge in [-0.2, -0.15) is 0 Å². The van der Waals surface area contributed by atoms with Crippen LogP contribution in [0.15, 0.2) is 54.0 Å². The van der Waals surface area contributed by atoms with Gasteiger partial charge in [0.15, 0.2) is 0 Å². The van der Waals surface area contributed by atoms with E-state index in [1.165, 1.54) is 16.0 Å². The number of aromatic nitrogens is 3. The van der Waals surface area contributed by atoms with Crippen molar-refractivity contribution in [1.29, 1.82) is 0 Å². The topological polar surface area (TPSA) is 83.4 Å². The summed E-state index contributed by atoms with van der Waals surface area (Å²) in [5.74, 6) is -3.01. The second-order valence-electron chi connectivity index (χ2n) is 11.6. The summed E-state index contributed by atoms with van der Waals surface area (Å²) in [6, 6.07) is 9.59. The summed E-state index contributed by atoms with van der Waals surface area (Å²) < 4.78 is 43.4. The number of carbonyl (C=O) groups excluding carboxylic acids is 2. The van der Waals surface area contributed by atoms with E-state index in [1.807, 2.05) is 26.0 Å². The molecule has 3 heterocycles. The first-order chi connectivity index (χ1) is 20.9. The molecule has 44 heavy (non-hydrogen) atoms. The van der Waals surface area contributed by atoms with E-state index in [2.05, 4.69) is 34.4 Å². The van der Waals surface area contributed by atoms with E-state index in [0.717, 1.165) is 5.56 Å². The van der Waals surface area contributed by atoms with Gasteiger partial charge in [0, 0.05) is 55.0 Å². The Morgan fingerprint density at radius 1 is 1.00 bits per heavy atom. The molecule has 0 saturated carbocycles. The molecule has 1 fully saturated rings. The maximum absolute atomic E-state index is 14.3. The lowest BCUT2D eigenvalue weighted by Gasteiger charge is -2.44. The SMILES string of the molecule is CC(C)c1ccc(C(=O)Nc2sccc2C(=O)N2C[C@@H](C)N(Cc3cn([C@@H](C)c4c(F)cc(F)cc4F)nn3)[C@@H](C)C2)cc1. The summed E-state index contributed by atoms with van der Waals surface area (Å²) >= 11 is 1.31. The fraction of sp³-hybridized carbons (Fsp3) is 0.375. The molecule has 1 aliphatic heterocycles. The summed E-state index contributed by atoms with van der Waals surface area (Å²) in [5, 5.41) is 13.5. The molecule has 4 aromatic rings. The average Bonchev–Trinajstić information content (AvgIpc) is 3.63. The normalized spacial score (nSPS) is 18.1. The Kier molecular flexibility index (Phi) is 9.21. The highest BCUT2D eigenvalue weighted by Gasteiger charge is 2.34. The molecule has 3 atom stereocenters. The Morgan fingerprint density at radius 3 is 2.25 bits per heavy atom. The van der Waals surface area contributed by atoms with Gasteiger partial charge in [0.2, 0.25) is 0 Å². The molecule has 0 radical (unpaired) electrons. The number of hydrogen-bond donors (Lipinski definition) is 1. The van der Waals surface area contributed by atoms with Crippen LogP contribution in [0.25, 0.3) is 0 Å². The number of carbonyl (C=O) groups is 2. The Morgan fingerprint density at radius 2 is 1.64 bits per heavy atom. The maximum Gasteiger partial charge on any atom is 0.256 e. The molecule has 232 valence electrons. The summed E-state index contributed by atoms with van der Waals surface area (Å²) in [4.78, 5) is 30.5. The number of halogens is 3. The molecule has 2 aromatic carbocycles. The number of nitrogens with zero attached hydrogens (tertiary/aromatic N) is 5. The second kappa shape index (κ2) is 12.9. The summed E-state index contributed by atoms with van der Waals surface area (Å²) in [6.07, 6.45) is 1.63. The fourth-order valence-corrected chi connectivity index (χ4v) is 6.39. The number of benzene rings is 2. The van der Waals surface area contributed by atoms with Crippen LogP contribution in [-0.4, -0.2) is 61.8 Å². The third-order valence-electron chi connectivity index (χ3n) is 8.11. The van der Waals surface area contributed by atoms with Crippen molar-refractivity contribution in [2.75, 3.05) is 18.4 Å². The molecular formula is C32H35F3N6O2S. The average molecular weight is 625 g/mol. The molecule has 0 spiro atoms. The number of amides is 2. The molecule has 5 rings (SSSR count). The lowest BCUT2D eigenvalue weighted by Crippen LogP contribution is -2.57. The first kappa shape index (κ1) is 31.4. The monoisotopic (exact) mass is 624 g/mol. The van der Waals surface area contributed by atoms with Gasteiger partial charge in [-0.15, -0.1) is 16.4 Å².